The molecule has 2 fully saturated rings. The van der Waals surface area contributed by atoms with Crippen LogP contribution in [0.2, 0.25) is 0 Å². The van der Waals surface area contributed by atoms with Crippen molar-refractivity contribution < 1.29 is 4.79 Å². The zero-order chi connectivity index (χ0) is 15.4. The molecule has 23 heavy (non-hydrogen) atoms. The van der Waals surface area contributed by atoms with Crippen molar-refractivity contribution in [1.82, 2.24) is 10.2 Å². The lowest BCUT2D eigenvalue weighted by Crippen LogP contribution is -2.48. The van der Waals surface area contributed by atoms with E-state index in [9.17, 15) is 4.79 Å². The highest BCUT2D eigenvalue weighted by Gasteiger charge is 2.28. The molecule has 4 heteroatoms. The number of aryl methyl sites for hydroxylation is 1. The molecule has 1 unspecified atom stereocenters. The summed E-state index contributed by atoms with van der Waals surface area (Å²) in [5.74, 6) is 1.16. The zero-order valence-corrected chi connectivity index (χ0v) is 14.9. The first-order valence-corrected chi connectivity index (χ1v) is 8.87. The summed E-state index contributed by atoms with van der Waals surface area (Å²) in [6.45, 7) is 4.80. The Morgan fingerprint density at radius 1 is 1.26 bits per heavy atom. The van der Waals surface area contributed by atoms with Crippen LogP contribution >= 0.6 is 12.4 Å². The van der Waals surface area contributed by atoms with Gasteiger partial charge in [0.25, 0.3) is 0 Å². The summed E-state index contributed by atoms with van der Waals surface area (Å²) in [7, 11) is 0. The summed E-state index contributed by atoms with van der Waals surface area (Å²) < 4.78 is 0. The maximum Gasteiger partial charge on any atom is 0.223 e. The molecule has 1 atom stereocenters. The summed E-state index contributed by atoms with van der Waals surface area (Å²) in [4.78, 5) is 14.8. The minimum Gasteiger partial charge on any atom is -0.333 e. The Morgan fingerprint density at radius 3 is 2.61 bits per heavy atom. The Labute approximate surface area is 146 Å². The predicted octanol–water partition coefficient (Wildman–Crippen LogP) is 3.72. The number of hydrogen-bond acceptors (Lipinski definition) is 2. The van der Waals surface area contributed by atoms with Crippen LogP contribution in [0.5, 0.6) is 0 Å². The van der Waals surface area contributed by atoms with Crippen LogP contribution in [0.25, 0.3) is 0 Å². The smallest absolute Gasteiger partial charge is 0.223 e. The number of nitrogens with zero attached hydrogens (tertiary/aromatic N) is 1. The number of nitrogens with one attached hydrogen (secondary N) is 1. The van der Waals surface area contributed by atoms with Crippen LogP contribution in [0.1, 0.15) is 56.2 Å². The highest BCUT2D eigenvalue weighted by atomic mass is 35.5. The molecular weight excluding hydrogens is 308 g/mol. The van der Waals surface area contributed by atoms with Crippen molar-refractivity contribution in [2.24, 2.45) is 5.92 Å². The molecule has 3 rings (SSSR count). The Morgan fingerprint density at radius 2 is 2.00 bits per heavy atom. The summed E-state index contributed by atoms with van der Waals surface area (Å²) >= 11 is 0. The average Bonchev–Trinajstić information content (AvgIpc) is 2.53. The number of carbonyl (C=O) groups excluding carboxylic acids is 1. The minimum atomic E-state index is 0. The number of piperazine rings is 1. The lowest BCUT2D eigenvalue weighted by atomic mass is 9.82. The molecule has 1 N–H and O–H groups in total. The number of carbonyl (C=O) groups is 1. The Kier molecular flexibility index (Phi) is 6.91. The van der Waals surface area contributed by atoms with Gasteiger partial charge in [0.1, 0.15) is 0 Å². The van der Waals surface area contributed by atoms with Gasteiger partial charge >= 0.3 is 0 Å². The quantitative estimate of drug-likeness (QED) is 0.888. The molecule has 1 aliphatic heterocycles. The van der Waals surface area contributed by atoms with Crippen LogP contribution in [0.4, 0.5) is 0 Å². The molecule has 1 aromatic carbocycles. The van der Waals surface area contributed by atoms with Gasteiger partial charge < -0.3 is 10.2 Å². The van der Waals surface area contributed by atoms with E-state index in [-0.39, 0.29) is 18.4 Å². The van der Waals surface area contributed by atoms with Crippen LogP contribution in [0.3, 0.4) is 0 Å². The van der Waals surface area contributed by atoms with Gasteiger partial charge in [-0.25, -0.2) is 0 Å². The van der Waals surface area contributed by atoms with E-state index in [2.05, 4.69) is 41.4 Å². The van der Waals surface area contributed by atoms with Gasteiger partial charge in [0.15, 0.2) is 0 Å². The van der Waals surface area contributed by atoms with Crippen molar-refractivity contribution in [2.75, 3.05) is 19.6 Å². The topological polar surface area (TPSA) is 32.3 Å². The Hall–Kier alpha value is -1.06. The molecular formula is C19H29ClN2O. The van der Waals surface area contributed by atoms with Crippen molar-refractivity contribution >= 4 is 18.3 Å². The second-order valence-corrected chi connectivity index (χ2v) is 6.74. The van der Waals surface area contributed by atoms with Crippen LogP contribution in [0, 0.1) is 5.92 Å². The van der Waals surface area contributed by atoms with Gasteiger partial charge in [0, 0.05) is 26.1 Å². The largest absolute Gasteiger partial charge is 0.333 e. The zero-order valence-electron chi connectivity index (χ0n) is 14.1. The first-order valence-electron chi connectivity index (χ1n) is 8.87. The SMILES string of the molecule is CCc1ccc(C2CNCCN2C(=O)CCC2CCC2)cc1.Cl. The van der Waals surface area contributed by atoms with Crippen molar-refractivity contribution in [2.45, 2.75) is 51.5 Å². The summed E-state index contributed by atoms with van der Waals surface area (Å²) in [6.07, 6.45) is 6.90. The predicted molar refractivity (Wildman–Crippen MR) is 97.0 cm³/mol. The van der Waals surface area contributed by atoms with Gasteiger partial charge in [0.05, 0.1) is 6.04 Å². The van der Waals surface area contributed by atoms with Crippen molar-refractivity contribution in [3.05, 3.63) is 35.4 Å². The Balaban J connectivity index is 0.00000192. The minimum absolute atomic E-state index is 0. The first-order chi connectivity index (χ1) is 10.8. The highest BCUT2D eigenvalue weighted by molar-refractivity contribution is 5.85. The van der Waals surface area contributed by atoms with E-state index in [1.807, 2.05) is 0 Å². The lowest BCUT2D eigenvalue weighted by molar-refractivity contribution is -0.135. The molecule has 1 heterocycles. The first kappa shape index (κ1) is 18.3. The van der Waals surface area contributed by atoms with Crippen molar-refractivity contribution in [1.29, 1.82) is 0 Å². The molecule has 1 aliphatic carbocycles. The highest BCUT2D eigenvalue weighted by Crippen LogP contribution is 2.31. The number of hydrogen-bond donors (Lipinski definition) is 1. The number of benzene rings is 1. The van der Waals surface area contributed by atoms with Crippen molar-refractivity contribution in [3.8, 4) is 0 Å². The van der Waals surface area contributed by atoms with Gasteiger partial charge in [-0.2, -0.15) is 0 Å². The third-order valence-electron chi connectivity index (χ3n) is 5.33. The molecule has 3 nitrogen and oxygen atoms in total. The van der Waals surface area contributed by atoms with Gasteiger partial charge in [-0.15, -0.1) is 12.4 Å². The maximum absolute atomic E-state index is 12.6. The molecule has 1 amide bonds. The van der Waals surface area contributed by atoms with E-state index in [0.717, 1.165) is 44.8 Å². The van der Waals surface area contributed by atoms with Crippen LogP contribution < -0.4 is 5.32 Å². The summed E-state index contributed by atoms with van der Waals surface area (Å²) in [5, 5.41) is 3.44. The molecule has 128 valence electrons. The number of rotatable bonds is 5. The molecule has 0 spiro atoms. The second-order valence-electron chi connectivity index (χ2n) is 6.74. The molecule has 0 radical (unpaired) electrons. The fraction of sp³-hybridized carbons (Fsp3) is 0.632. The average molecular weight is 337 g/mol. The van der Waals surface area contributed by atoms with Gasteiger partial charge in [0.2, 0.25) is 5.91 Å². The van der Waals surface area contributed by atoms with Gasteiger partial charge in [-0.1, -0.05) is 50.5 Å². The Bertz CT molecular complexity index is 499. The fourth-order valence-corrected chi connectivity index (χ4v) is 3.53. The molecule has 1 saturated carbocycles. The van der Waals surface area contributed by atoms with E-state index in [1.165, 1.54) is 30.4 Å². The van der Waals surface area contributed by atoms with Crippen LogP contribution in [0.15, 0.2) is 24.3 Å². The normalized spacial score (nSPS) is 21.4. The number of halogens is 1. The fourth-order valence-electron chi connectivity index (χ4n) is 3.53. The molecule has 1 saturated heterocycles. The summed E-state index contributed by atoms with van der Waals surface area (Å²) in [5.41, 5.74) is 2.62. The van der Waals surface area contributed by atoms with E-state index >= 15 is 0 Å². The van der Waals surface area contributed by atoms with Crippen LogP contribution in [-0.4, -0.2) is 30.4 Å². The third kappa shape index (κ3) is 4.48. The van der Waals surface area contributed by atoms with Crippen LogP contribution in [-0.2, 0) is 11.2 Å². The van der Waals surface area contributed by atoms with Gasteiger partial charge in [-0.05, 0) is 29.9 Å². The molecule has 2 aliphatic rings. The van der Waals surface area contributed by atoms with E-state index in [4.69, 9.17) is 0 Å². The van der Waals surface area contributed by atoms with Crippen molar-refractivity contribution in [3.63, 3.8) is 0 Å². The third-order valence-corrected chi connectivity index (χ3v) is 5.33. The maximum atomic E-state index is 12.6. The van der Waals surface area contributed by atoms with E-state index in [0.29, 0.717) is 5.91 Å². The van der Waals surface area contributed by atoms with E-state index < -0.39 is 0 Å². The second kappa shape index (κ2) is 8.70. The molecule has 1 aromatic rings. The molecule has 0 bridgehead atoms. The van der Waals surface area contributed by atoms with Gasteiger partial charge in [-0.3, -0.25) is 4.79 Å². The van der Waals surface area contributed by atoms with E-state index in [1.54, 1.807) is 0 Å². The molecule has 0 aromatic heterocycles. The summed E-state index contributed by atoms with van der Waals surface area (Å²) in [6, 6.07) is 8.99. The number of amides is 1. The monoisotopic (exact) mass is 336 g/mol. The standard InChI is InChI=1S/C19H28N2O.ClH/c1-2-15-6-9-17(10-7-15)18-14-20-12-13-21(18)19(22)11-8-16-4-3-5-16;/h6-7,9-10,16,18,20H,2-5,8,11-14H2,1H3;1H. The lowest BCUT2D eigenvalue weighted by Gasteiger charge is -2.37.